The van der Waals surface area contributed by atoms with Crippen LogP contribution in [0.5, 0.6) is 11.6 Å². The van der Waals surface area contributed by atoms with Crippen LogP contribution in [0.1, 0.15) is 22.1 Å². The number of rotatable bonds is 6. The summed E-state index contributed by atoms with van der Waals surface area (Å²) in [7, 11) is 1.75. The number of aryl methyl sites for hydroxylation is 3. The largest absolute Gasteiger partial charge is 0.439 e. The van der Waals surface area contributed by atoms with E-state index in [9.17, 15) is 4.79 Å². The molecule has 9 heteroatoms. The fourth-order valence-corrected chi connectivity index (χ4v) is 3.67. The third-order valence-electron chi connectivity index (χ3n) is 5.39. The summed E-state index contributed by atoms with van der Waals surface area (Å²) in [5.74, 6) is 2.83. The molecule has 0 unspecified atom stereocenters. The number of aromatic nitrogens is 6. The summed E-state index contributed by atoms with van der Waals surface area (Å²) in [5, 5.41) is 7.37. The van der Waals surface area contributed by atoms with Crippen LogP contribution < -0.4 is 10.1 Å². The zero-order valence-electron chi connectivity index (χ0n) is 19.5. The molecule has 3 heterocycles. The van der Waals surface area contributed by atoms with Gasteiger partial charge in [-0.05, 0) is 44.2 Å². The van der Waals surface area contributed by atoms with Gasteiger partial charge in [-0.1, -0.05) is 30.3 Å². The molecule has 0 fully saturated rings. The highest BCUT2D eigenvalue weighted by atomic mass is 16.5. The van der Waals surface area contributed by atoms with Crippen LogP contribution in [-0.2, 0) is 7.05 Å². The topological polar surface area (TPSA) is 99.8 Å². The Balaban J connectivity index is 1.29. The van der Waals surface area contributed by atoms with Crippen molar-refractivity contribution in [2.24, 2.45) is 7.05 Å². The SMILES string of the molecule is Cc1nc(Oc2ccc(NC(=O)c3cc(-c4ccccc4)nn3C)cc2)cc(-n2ccnc2C)n1. The number of nitrogens with one attached hydrogen (secondary N) is 1. The lowest BCUT2D eigenvalue weighted by molar-refractivity contribution is 0.101. The molecule has 0 atom stereocenters. The van der Waals surface area contributed by atoms with Crippen LogP contribution in [0.15, 0.2) is 79.1 Å². The maximum absolute atomic E-state index is 12.8. The Bertz CT molecular complexity index is 1490. The lowest BCUT2D eigenvalue weighted by Crippen LogP contribution is -2.15. The number of nitrogens with zero attached hydrogens (tertiary/aromatic N) is 6. The van der Waals surface area contributed by atoms with E-state index >= 15 is 0 Å². The van der Waals surface area contributed by atoms with Crippen LogP contribution in [0.4, 0.5) is 5.69 Å². The lowest BCUT2D eigenvalue weighted by atomic mass is 10.1. The van der Waals surface area contributed by atoms with Crippen LogP contribution in [-0.4, -0.2) is 35.2 Å². The Hall–Kier alpha value is -4.79. The molecule has 0 aliphatic rings. The van der Waals surface area contributed by atoms with Gasteiger partial charge in [-0.2, -0.15) is 10.1 Å². The Morgan fingerprint density at radius 2 is 1.74 bits per heavy atom. The quantitative estimate of drug-likeness (QED) is 0.389. The standard InChI is InChI=1S/C26H23N7O2/c1-17-28-24(33-14-13-27-18(33)2)16-25(29-17)35-21-11-9-20(10-12-21)30-26(34)23-15-22(31-32(23)3)19-7-5-4-6-8-19/h4-16H,1-3H3,(H,30,34). The molecule has 3 aromatic heterocycles. The molecule has 2 aromatic carbocycles. The zero-order chi connectivity index (χ0) is 24.4. The van der Waals surface area contributed by atoms with Crippen molar-refractivity contribution in [2.45, 2.75) is 13.8 Å². The summed E-state index contributed by atoms with van der Waals surface area (Å²) >= 11 is 0. The van der Waals surface area contributed by atoms with Crippen molar-refractivity contribution < 1.29 is 9.53 Å². The molecular formula is C26H23N7O2. The average Bonchev–Trinajstić information content (AvgIpc) is 3.46. The maximum Gasteiger partial charge on any atom is 0.273 e. The highest BCUT2D eigenvalue weighted by Crippen LogP contribution is 2.24. The van der Waals surface area contributed by atoms with E-state index in [1.165, 1.54) is 0 Å². The van der Waals surface area contributed by atoms with Gasteiger partial charge in [-0.15, -0.1) is 0 Å². The summed E-state index contributed by atoms with van der Waals surface area (Å²) in [6.45, 7) is 3.71. The van der Waals surface area contributed by atoms with Gasteiger partial charge in [0.15, 0.2) is 0 Å². The van der Waals surface area contributed by atoms with Crippen LogP contribution in [0.25, 0.3) is 17.1 Å². The molecule has 5 aromatic rings. The summed E-state index contributed by atoms with van der Waals surface area (Å²) in [6.07, 6.45) is 3.55. The van der Waals surface area contributed by atoms with Gasteiger partial charge in [0.05, 0.1) is 5.69 Å². The highest BCUT2D eigenvalue weighted by molar-refractivity contribution is 6.03. The Labute approximate surface area is 202 Å². The Kier molecular flexibility index (Phi) is 5.80. The first kappa shape index (κ1) is 22.0. The van der Waals surface area contributed by atoms with Gasteiger partial charge in [-0.3, -0.25) is 14.0 Å². The molecule has 1 N–H and O–H groups in total. The van der Waals surface area contributed by atoms with Gasteiger partial charge >= 0.3 is 0 Å². The van der Waals surface area contributed by atoms with Crippen LogP contribution in [0.2, 0.25) is 0 Å². The monoisotopic (exact) mass is 465 g/mol. The van der Waals surface area contributed by atoms with E-state index in [1.54, 1.807) is 54.3 Å². The molecule has 0 spiro atoms. The summed E-state index contributed by atoms with van der Waals surface area (Å²) in [4.78, 5) is 25.9. The van der Waals surface area contributed by atoms with E-state index in [1.807, 2.05) is 54.9 Å². The zero-order valence-corrected chi connectivity index (χ0v) is 19.5. The molecule has 0 aliphatic heterocycles. The fraction of sp³-hybridized carbons (Fsp3) is 0.115. The fourth-order valence-electron chi connectivity index (χ4n) is 3.67. The molecule has 9 nitrogen and oxygen atoms in total. The van der Waals surface area contributed by atoms with E-state index in [4.69, 9.17) is 4.74 Å². The Morgan fingerprint density at radius 3 is 2.46 bits per heavy atom. The maximum atomic E-state index is 12.8. The van der Waals surface area contributed by atoms with Crippen molar-refractivity contribution in [3.63, 3.8) is 0 Å². The van der Waals surface area contributed by atoms with Crippen molar-refractivity contribution in [3.8, 4) is 28.7 Å². The third-order valence-corrected chi connectivity index (χ3v) is 5.39. The van der Waals surface area contributed by atoms with Gasteiger partial charge in [0, 0.05) is 36.8 Å². The van der Waals surface area contributed by atoms with Gasteiger partial charge < -0.3 is 10.1 Å². The number of amides is 1. The van der Waals surface area contributed by atoms with Gasteiger partial charge in [-0.25, -0.2) is 9.97 Å². The minimum absolute atomic E-state index is 0.248. The minimum atomic E-state index is -0.248. The van der Waals surface area contributed by atoms with Crippen LogP contribution >= 0.6 is 0 Å². The predicted octanol–water partition coefficient (Wildman–Crippen LogP) is 4.72. The molecule has 0 saturated carbocycles. The summed E-state index contributed by atoms with van der Waals surface area (Å²) in [6, 6.07) is 20.4. The molecular weight excluding hydrogens is 442 g/mol. The molecule has 1 amide bonds. The van der Waals surface area contributed by atoms with Crippen molar-refractivity contribution in [3.05, 3.63) is 96.5 Å². The first-order valence-corrected chi connectivity index (χ1v) is 11.0. The number of hydrogen-bond acceptors (Lipinski definition) is 6. The van der Waals surface area contributed by atoms with Gasteiger partial charge in [0.1, 0.15) is 28.9 Å². The summed E-state index contributed by atoms with van der Waals surface area (Å²) < 4.78 is 9.38. The molecule has 35 heavy (non-hydrogen) atoms. The highest BCUT2D eigenvalue weighted by Gasteiger charge is 2.15. The number of carbonyl (C=O) groups is 1. The number of hydrogen-bond donors (Lipinski definition) is 1. The Morgan fingerprint density at radius 1 is 0.971 bits per heavy atom. The molecule has 0 radical (unpaired) electrons. The van der Waals surface area contributed by atoms with Crippen molar-refractivity contribution in [1.29, 1.82) is 0 Å². The first-order chi connectivity index (χ1) is 17.0. The second-order valence-corrected chi connectivity index (χ2v) is 7.94. The first-order valence-electron chi connectivity index (χ1n) is 11.0. The minimum Gasteiger partial charge on any atom is -0.439 e. The van der Waals surface area contributed by atoms with E-state index in [0.29, 0.717) is 34.7 Å². The summed E-state index contributed by atoms with van der Waals surface area (Å²) in [5.41, 5.74) is 2.80. The van der Waals surface area contributed by atoms with Gasteiger partial charge in [0.25, 0.3) is 5.91 Å². The molecule has 0 aliphatic carbocycles. The average molecular weight is 466 g/mol. The number of ether oxygens (including phenoxy) is 1. The molecule has 0 bridgehead atoms. The smallest absolute Gasteiger partial charge is 0.273 e. The van der Waals surface area contributed by atoms with Crippen molar-refractivity contribution in [1.82, 2.24) is 29.3 Å². The predicted molar refractivity (Wildman–Crippen MR) is 132 cm³/mol. The molecule has 174 valence electrons. The van der Waals surface area contributed by atoms with Crippen molar-refractivity contribution in [2.75, 3.05) is 5.32 Å². The number of carbonyl (C=O) groups excluding carboxylic acids is 1. The van der Waals surface area contributed by atoms with Crippen LogP contribution in [0, 0.1) is 13.8 Å². The number of imidazole rings is 1. The molecule has 0 saturated heterocycles. The van der Waals surface area contributed by atoms with E-state index in [-0.39, 0.29) is 5.91 Å². The lowest BCUT2D eigenvalue weighted by Gasteiger charge is -2.10. The van der Waals surface area contributed by atoms with E-state index < -0.39 is 0 Å². The number of benzene rings is 2. The second-order valence-electron chi connectivity index (χ2n) is 7.94. The van der Waals surface area contributed by atoms with Crippen LogP contribution in [0.3, 0.4) is 0 Å². The van der Waals surface area contributed by atoms with Gasteiger partial charge in [0.2, 0.25) is 5.88 Å². The second kappa shape index (κ2) is 9.22. The number of anilines is 1. The van der Waals surface area contributed by atoms with E-state index in [2.05, 4.69) is 25.4 Å². The third kappa shape index (κ3) is 4.79. The van der Waals surface area contributed by atoms with E-state index in [0.717, 1.165) is 17.1 Å². The molecule has 5 rings (SSSR count). The normalized spacial score (nSPS) is 10.8. The van der Waals surface area contributed by atoms with Crippen molar-refractivity contribution >= 4 is 11.6 Å².